The van der Waals surface area contributed by atoms with Crippen molar-refractivity contribution in [1.82, 2.24) is 4.57 Å². The van der Waals surface area contributed by atoms with Crippen LogP contribution in [-0.4, -0.2) is 4.57 Å². The summed E-state index contributed by atoms with van der Waals surface area (Å²) in [7, 11) is 2.26. The summed E-state index contributed by atoms with van der Waals surface area (Å²) in [6.07, 6.45) is 6.58. The molecule has 1 spiro atoms. The van der Waals surface area contributed by atoms with Gasteiger partial charge in [0.1, 0.15) is 0 Å². The first-order valence-electron chi connectivity index (χ1n) is 10.1. The monoisotopic (exact) mass is 344 g/mol. The van der Waals surface area contributed by atoms with E-state index < -0.39 is 0 Å². The average Bonchev–Trinajstić information content (AvgIpc) is 3.09. The zero-order chi connectivity index (χ0) is 17.9. The summed E-state index contributed by atoms with van der Waals surface area (Å²) >= 11 is 0. The van der Waals surface area contributed by atoms with Crippen LogP contribution in [0.1, 0.15) is 61.9 Å². The molecule has 1 fully saturated rings. The lowest BCUT2D eigenvalue weighted by Gasteiger charge is -2.46. The van der Waals surface area contributed by atoms with Crippen LogP contribution in [0.4, 0.5) is 5.69 Å². The predicted molar refractivity (Wildman–Crippen MR) is 110 cm³/mol. The van der Waals surface area contributed by atoms with E-state index in [4.69, 9.17) is 0 Å². The highest BCUT2D eigenvalue weighted by atomic mass is 15.3. The van der Waals surface area contributed by atoms with Crippen LogP contribution in [0.3, 0.4) is 0 Å². The molecular weight excluding hydrogens is 316 g/mol. The predicted octanol–water partition coefficient (Wildman–Crippen LogP) is 6.23. The number of rotatable bonds is 1. The van der Waals surface area contributed by atoms with E-state index in [0.717, 1.165) is 0 Å². The summed E-state index contributed by atoms with van der Waals surface area (Å²) in [4.78, 5) is 2.78. The molecule has 1 aliphatic carbocycles. The Morgan fingerprint density at radius 1 is 0.923 bits per heavy atom. The minimum Gasteiger partial charge on any atom is -0.353 e. The van der Waals surface area contributed by atoms with Gasteiger partial charge in [-0.2, -0.15) is 0 Å². The van der Waals surface area contributed by atoms with Crippen LogP contribution in [0.5, 0.6) is 0 Å². The van der Waals surface area contributed by atoms with E-state index in [2.05, 4.69) is 78.9 Å². The molecule has 2 heteroatoms. The van der Waals surface area contributed by atoms with Gasteiger partial charge in [0, 0.05) is 34.9 Å². The van der Waals surface area contributed by atoms with Crippen LogP contribution >= 0.6 is 0 Å². The van der Waals surface area contributed by atoms with Crippen LogP contribution in [0, 0.1) is 6.92 Å². The number of para-hydroxylation sites is 2. The second-order valence-electron chi connectivity index (χ2n) is 8.26. The van der Waals surface area contributed by atoms with E-state index in [9.17, 15) is 0 Å². The molecule has 2 nitrogen and oxygen atoms in total. The Balaban J connectivity index is 1.83. The van der Waals surface area contributed by atoms with Crippen LogP contribution < -0.4 is 4.90 Å². The van der Waals surface area contributed by atoms with E-state index in [1.807, 2.05) is 0 Å². The van der Waals surface area contributed by atoms with Gasteiger partial charge in [-0.25, -0.2) is 0 Å². The minimum atomic E-state index is 0.153. The van der Waals surface area contributed by atoms with Gasteiger partial charge in [0.2, 0.25) is 0 Å². The van der Waals surface area contributed by atoms with Crippen molar-refractivity contribution in [1.29, 1.82) is 0 Å². The SMILES string of the molecule is Cc1ccccc1N1C(C)c2c(c3ccccc3n2C)C12CCCCC2. The van der Waals surface area contributed by atoms with Crippen molar-refractivity contribution in [3.63, 3.8) is 0 Å². The van der Waals surface area contributed by atoms with Gasteiger partial charge in [0.15, 0.2) is 0 Å². The number of fused-ring (bicyclic) bond motifs is 4. The van der Waals surface area contributed by atoms with Gasteiger partial charge in [-0.3, -0.25) is 0 Å². The van der Waals surface area contributed by atoms with Gasteiger partial charge in [-0.15, -0.1) is 0 Å². The first-order valence-corrected chi connectivity index (χ1v) is 10.1. The lowest BCUT2D eigenvalue weighted by molar-refractivity contribution is 0.285. The molecule has 1 aliphatic heterocycles. The number of nitrogens with zero attached hydrogens (tertiary/aromatic N) is 2. The zero-order valence-electron chi connectivity index (χ0n) is 16.1. The van der Waals surface area contributed by atoms with Crippen molar-refractivity contribution < 1.29 is 0 Å². The minimum absolute atomic E-state index is 0.153. The summed E-state index contributed by atoms with van der Waals surface area (Å²) in [5, 5.41) is 1.47. The van der Waals surface area contributed by atoms with Crippen molar-refractivity contribution in [3.05, 3.63) is 65.4 Å². The number of anilines is 1. The van der Waals surface area contributed by atoms with Gasteiger partial charge < -0.3 is 9.47 Å². The van der Waals surface area contributed by atoms with Crippen molar-refractivity contribution in [2.45, 2.75) is 57.5 Å². The fraction of sp³-hybridized carbons (Fsp3) is 0.417. The molecule has 1 atom stereocenters. The second-order valence-corrected chi connectivity index (χ2v) is 8.26. The Labute approximate surface area is 156 Å². The van der Waals surface area contributed by atoms with Gasteiger partial charge in [0.25, 0.3) is 0 Å². The molecular formula is C24H28N2. The smallest absolute Gasteiger partial charge is 0.0685 e. The normalized spacial score (nSPS) is 21.5. The van der Waals surface area contributed by atoms with Gasteiger partial charge in [0.05, 0.1) is 11.6 Å². The summed E-state index contributed by atoms with van der Waals surface area (Å²) in [6.45, 7) is 4.67. The summed E-state index contributed by atoms with van der Waals surface area (Å²) < 4.78 is 2.46. The van der Waals surface area contributed by atoms with Crippen LogP contribution in [0.2, 0.25) is 0 Å². The number of aryl methyl sites for hydroxylation is 2. The number of aromatic nitrogens is 1. The first kappa shape index (κ1) is 16.0. The van der Waals surface area contributed by atoms with Gasteiger partial charge in [-0.1, -0.05) is 55.7 Å². The fourth-order valence-corrected chi connectivity index (χ4v) is 5.91. The number of hydrogen-bond acceptors (Lipinski definition) is 1. The Bertz CT molecular complexity index is 975. The van der Waals surface area contributed by atoms with Crippen molar-refractivity contribution in [2.24, 2.45) is 7.05 Å². The summed E-state index contributed by atoms with van der Waals surface area (Å²) in [6, 6.07) is 18.4. The molecule has 1 saturated carbocycles. The van der Waals surface area contributed by atoms with Gasteiger partial charge >= 0.3 is 0 Å². The molecule has 0 bridgehead atoms. The molecule has 5 rings (SSSR count). The largest absolute Gasteiger partial charge is 0.353 e. The Hall–Kier alpha value is -2.22. The highest BCUT2D eigenvalue weighted by Gasteiger charge is 2.52. The standard InChI is InChI=1S/C24H28N2/c1-17-11-5-7-13-20(17)26-18(2)23-22(24(26)15-9-4-10-16-24)19-12-6-8-14-21(19)25(23)3/h5-8,11-14,18H,4,9-10,15-16H2,1-3H3. The molecule has 1 unspecified atom stereocenters. The Morgan fingerprint density at radius 3 is 2.38 bits per heavy atom. The van der Waals surface area contributed by atoms with E-state index in [0.29, 0.717) is 6.04 Å². The molecule has 0 radical (unpaired) electrons. The maximum absolute atomic E-state index is 2.78. The third kappa shape index (κ3) is 1.93. The molecule has 0 saturated heterocycles. The van der Waals surface area contributed by atoms with Crippen LogP contribution in [-0.2, 0) is 12.6 Å². The van der Waals surface area contributed by atoms with Gasteiger partial charge in [-0.05, 0) is 44.4 Å². The fourth-order valence-electron chi connectivity index (χ4n) is 5.91. The maximum atomic E-state index is 2.78. The van der Waals surface area contributed by atoms with E-state index in [1.54, 1.807) is 5.56 Å². The molecule has 0 N–H and O–H groups in total. The molecule has 0 amide bonds. The van der Waals surface area contributed by atoms with E-state index in [-0.39, 0.29) is 5.54 Å². The third-order valence-electron chi connectivity index (χ3n) is 6.92. The molecule has 134 valence electrons. The quantitative estimate of drug-likeness (QED) is 0.508. The molecule has 3 aromatic rings. The molecule has 26 heavy (non-hydrogen) atoms. The van der Waals surface area contributed by atoms with Crippen LogP contribution in [0.25, 0.3) is 10.9 Å². The summed E-state index contributed by atoms with van der Waals surface area (Å²) in [5.41, 5.74) is 7.49. The maximum Gasteiger partial charge on any atom is 0.0685 e. The lowest BCUT2D eigenvalue weighted by Crippen LogP contribution is -2.44. The topological polar surface area (TPSA) is 8.17 Å². The molecule has 2 aliphatic rings. The summed E-state index contributed by atoms with van der Waals surface area (Å²) in [5.74, 6) is 0. The number of benzene rings is 2. The lowest BCUT2D eigenvalue weighted by atomic mass is 9.76. The van der Waals surface area contributed by atoms with Crippen LogP contribution in [0.15, 0.2) is 48.5 Å². The van der Waals surface area contributed by atoms with E-state index >= 15 is 0 Å². The molecule has 2 aromatic carbocycles. The highest BCUT2D eigenvalue weighted by Crippen LogP contribution is 2.58. The third-order valence-corrected chi connectivity index (χ3v) is 6.92. The Kier molecular flexibility index (Phi) is 3.47. The van der Waals surface area contributed by atoms with Crippen molar-refractivity contribution >= 4 is 16.6 Å². The second kappa shape index (κ2) is 5.64. The molecule has 1 aromatic heterocycles. The highest BCUT2D eigenvalue weighted by molar-refractivity contribution is 5.89. The van der Waals surface area contributed by atoms with E-state index in [1.165, 1.54) is 60.0 Å². The number of hydrogen-bond donors (Lipinski definition) is 0. The average molecular weight is 345 g/mol. The first-order chi connectivity index (χ1) is 12.6. The zero-order valence-corrected chi connectivity index (χ0v) is 16.1. The molecule has 2 heterocycles. The Morgan fingerprint density at radius 2 is 1.62 bits per heavy atom. The van der Waals surface area contributed by atoms with Crippen molar-refractivity contribution in [2.75, 3.05) is 4.90 Å². The van der Waals surface area contributed by atoms with Crippen molar-refractivity contribution in [3.8, 4) is 0 Å².